The standard InChI is InChI=1S/C16H12ClNO2S/c17-16(18(19)20)9-3-6-15(11-16)21-14-8-7-12-4-1-2-5-13(12)10-14/h1-8,10-11H,9H2. The lowest BCUT2D eigenvalue weighted by Crippen LogP contribution is -2.30. The molecule has 106 valence electrons. The Morgan fingerprint density at radius 1 is 1.19 bits per heavy atom. The number of alkyl halides is 1. The van der Waals surface area contributed by atoms with Gasteiger partial charge in [0.05, 0.1) is 6.42 Å². The van der Waals surface area contributed by atoms with Crippen LogP contribution in [-0.2, 0) is 0 Å². The molecule has 0 aliphatic heterocycles. The molecule has 0 fully saturated rings. The number of nitro groups is 1. The molecular formula is C16H12ClNO2S. The number of allylic oxidation sites excluding steroid dienone is 1. The van der Waals surface area contributed by atoms with Crippen LogP contribution in [-0.4, -0.2) is 9.92 Å². The maximum Gasteiger partial charge on any atom is 0.318 e. The van der Waals surface area contributed by atoms with E-state index in [1.807, 2.05) is 36.4 Å². The Morgan fingerprint density at radius 2 is 1.95 bits per heavy atom. The first kappa shape index (κ1) is 14.2. The van der Waals surface area contributed by atoms with Gasteiger partial charge in [-0.25, -0.2) is 0 Å². The number of hydrogen-bond acceptors (Lipinski definition) is 3. The van der Waals surface area contributed by atoms with Crippen LogP contribution in [0.25, 0.3) is 10.8 Å². The molecule has 5 heteroatoms. The van der Waals surface area contributed by atoms with Gasteiger partial charge in [-0.2, -0.15) is 0 Å². The fraction of sp³-hybridized carbons (Fsp3) is 0.125. The molecule has 1 aliphatic carbocycles. The maximum atomic E-state index is 11.0. The Hall–Kier alpha value is -1.78. The second-order valence-electron chi connectivity index (χ2n) is 4.84. The molecule has 1 aliphatic rings. The molecule has 0 saturated carbocycles. The fourth-order valence-electron chi connectivity index (χ4n) is 2.22. The summed E-state index contributed by atoms with van der Waals surface area (Å²) in [6.07, 6.45) is 5.36. The van der Waals surface area contributed by atoms with E-state index in [1.54, 1.807) is 6.08 Å². The summed E-state index contributed by atoms with van der Waals surface area (Å²) in [6, 6.07) is 14.2. The summed E-state index contributed by atoms with van der Waals surface area (Å²) in [6.45, 7) is 0. The zero-order chi connectivity index (χ0) is 14.9. The van der Waals surface area contributed by atoms with E-state index in [0.717, 1.165) is 15.2 Å². The topological polar surface area (TPSA) is 43.1 Å². The van der Waals surface area contributed by atoms with Crippen LogP contribution in [0.2, 0.25) is 0 Å². The van der Waals surface area contributed by atoms with E-state index < -0.39 is 9.92 Å². The van der Waals surface area contributed by atoms with Gasteiger partial charge in [-0.05, 0) is 34.5 Å². The Morgan fingerprint density at radius 3 is 2.71 bits per heavy atom. The van der Waals surface area contributed by atoms with E-state index in [2.05, 4.69) is 12.1 Å². The minimum Gasteiger partial charge on any atom is -0.262 e. The van der Waals surface area contributed by atoms with Crippen LogP contribution < -0.4 is 0 Å². The Kier molecular flexibility index (Phi) is 3.74. The molecule has 0 heterocycles. The first-order valence-corrected chi connectivity index (χ1v) is 7.66. The minimum absolute atomic E-state index is 0.212. The normalized spacial score (nSPS) is 21.3. The van der Waals surface area contributed by atoms with Crippen molar-refractivity contribution in [3.63, 3.8) is 0 Å². The van der Waals surface area contributed by atoms with Gasteiger partial charge in [-0.3, -0.25) is 10.1 Å². The summed E-state index contributed by atoms with van der Waals surface area (Å²) < 4.78 is 0. The third-order valence-electron chi connectivity index (χ3n) is 3.31. The molecule has 1 atom stereocenters. The Labute approximate surface area is 131 Å². The molecule has 2 aromatic rings. The van der Waals surface area contributed by atoms with E-state index in [4.69, 9.17) is 11.6 Å². The van der Waals surface area contributed by atoms with Crippen molar-refractivity contribution in [1.82, 2.24) is 0 Å². The highest BCUT2D eigenvalue weighted by Crippen LogP contribution is 2.37. The summed E-state index contributed by atoms with van der Waals surface area (Å²) in [5, 5.41) is 13.4. The van der Waals surface area contributed by atoms with E-state index in [-0.39, 0.29) is 6.42 Å². The molecule has 0 N–H and O–H groups in total. The number of hydrogen-bond donors (Lipinski definition) is 0. The van der Waals surface area contributed by atoms with Crippen LogP contribution in [0.1, 0.15) is 6.42 Å². The van der Waals surface area contributed by atoms with Crippen LogP contribution in [0.4, 0.5) is 0 Å². The Bertz CT molecular complexity index is 772. The van der Waals surface area contributed by atoms with Crippen LogP contribution in [0, 0.1) is 10.1 Å². The van der Waals surface area contributed by atoms with Gasteiger partial charge in [0.1, 0.15) is 0 Å². The predicted octanol–water partition coefficient (Wildman–Crippen LogP) is 4.99. The highest BCUT2D eigenvalue weighted by Gasteiger charge is 2.38. The van der Waals surface area contributed by atoms with E-state index in [1.165, 1.54) is 23.2 Å². The lowest BCUT2D eigenvalue weighted by atomic mass is 10.1. The van der Waals surface area contributed by atoms with Crippen molar-refractivity contribution in [3.05, 3.63) is 75.7 Å². The van der Waals surface area contributed by atoms with Gasteiger partial charge < -0.3 is 0 Å². The number of halogens is 1. The van der Waals surface area contributed by atoms with Crippen LogP contribution in [0.15, 0.2) is 70.5 Å². The van der Waals surface area contributed by atoms with E-state index in [0.29, 0.717) is 0 Å². The van der Waals surface area contributed by atoms with E-state index in [9.17, 15) is 10.1 Å². The highest BCUT2D eigenvalue weighted by molar-refractivity contribution is 8.03. The largest absolute Gasteiger partial charge is 0.318 e. The van der Waals surface area contributed by atoms with Crippen molar-refractivity contribution in [1.29, 1.82) is 0 Å². The quantitative estimate of drug-likeness (QED) is 0.347. The summed E-state index contributed by atoms with van der Waals surface area (Å²) in [5.74, 6) is 0. The average Bonchev–Trinajstić information content (AvgIpc) is 2.47. The van der Waals surface area contributed by atoms with Gasteiger partial charge >= 0.3 is 5.00 Å². The summed E-state index contributed by atoms with van der Waals surface area (Å²) in [7, 11) is 0. The second kappa shape index (κ2) is 5.54. The molecule has 0 radical (unpaired) electrons. The predicted molar refractivity (Wildman–Crippen MR) is 87.2 cm³/mol. The fourth-order valence-corrected chi connectivity index (χ4v) is 3.51. The molecule has 0 bridgehead atoms. The highest BCUT2D eigenvalue weighted by atomic mass is 35.5. The molecule has 0 saturated heterocycles. The van der Waals surface area contributed by atoms with Crippen molar-refractivity contribution in [3.8, 4) is 0 Å². The zero-order valence-corrected chi connectivity index (χ0v) is 12.6. The van der Waals surface area contributed by atoms with Gasteiger partial charge in [0.15, 0.2) is 0 Å². The van der Waals surface area contributed by atoms with Gasteiger partial charge in [0, 0.05) is 20.8 Å². The third kappa shape index (κ3) is 2.96. The summed E-state index contributed by atoms with van der Waals surface area (Å²) >= 11 is 7.51. The molecule has 21 heavy (non-hydrogen) atoms. The SMILES string of the molecule is O=[N+]([O-])C1(Cl)C=C(Sc2ccc3ccccc3c2)C=CC1. The summed E-state index contributed by atoms with van der Waals surface area (Å²) in [4.78, 5) is 10.9. The summed E-state index contributed by atoms with van der Waals surface area (Å²) in [5.41, 5.74) is 0. The second-order valence-corrected chi connectivity index (χ2v) is 6.64. The molecule has 0 amide bonds. The maximum absolute atomic E-state index is 11.0. The lowest BCUT2D eigenvalue weighted by Gasteiger charge is -2.17. The van der Waals surface area contributed by atoms with Crippen LogP contribution >= 0.6 is 23.4 Å². The average molecular weight is 318 g/mol. The number of thioether (sulfide) groups is 1. The van der Waals surface area contributed by atoms with Gasteiger partial charge in [0.2, 0.25) is 0 Å². The molecular weight excluding hydrogens is 306 g/mol. The van der Waals surface area contributed by atoms with Crippen molar-refractivity contribution >= 4 is 34.1 Å². The molecule has 1 unspecified atom stereocenters. The van der Waals surface area contributed by atoms with Crippen molar-refractivity contribution in [2.24, 2.45) is 0 Å². The first-order valence-electron chi connectivity index (χ1n) is 6.46. The lowest BCUT2D eigenvalue weighted by molar-refractivity contribution is -0.527. The molecule has 3 nitrogen and oxygen atoms in total. The van der Waals surface area contributed by atoms with Crippen molar-refractivity contribution in [2.75, 3.05) is 0 Å². The number of rotatable bonds is 3. The Balaban J connectivity index is 1.89. The van der Waals surface area contributed by atoms with Gasteiger partial charge in [-0.15, -0.1) is 0 Å². The van der Waals surface area contributed by atoms with E-state index >= 15 is 0 Å². The van der Waals surface area contributed by atoms with Crippen molar-refractivity contribution < 1.29 is 4.92 Å². The molecule has 3 rings (SSSR count). The third-order valence-corrected chi connectivity index (χ3v) is 4.69. The molecule has 0 spiro atoms. The number of fused-ring (bicyclic) bond motifs is 1. The van der Waals surface area contributed by atoms with Crippen LogP contribution in [0.5, 0.6) is 0 Å². The monoisotopic (exact) mass is 317 g/mol. The van der Waals surface area contributed by atoms with Gasteiger partial charge in [-0.1, -0.05) is 54.2 Å². The minimum atomic E-state index is -1.52. The number of benzene rings is 2. The molecule has 2 aromatic carbocycles. The van der Waals surface area contributed by atoms with Crippen molar-refractivity contribution in [2.45, 2.75) is 16.3 Å². The molecule has 0 aromatic heterocycles. The zero-order valence-electron chi connectivity index (χ0n) is 11.0. The van der Waals surface area contributed by atoms with Crippen LogP contribution in [0.3, 0.4) is 0 Å². The first-order chi connectivity index (χ1) is 10.1. The number of nitrogens with zero attached hydrogens (tertiary/aromatic N) is 1. The smallest absolute Gasteiger partial charge is 0.262 e. The van der Waals surface area contributed by atoms with Gasteiger partial charge in [0.25, 0.3) is 0 Å².